The number of amides is 1. The van der Waals surface area contributed by atoms with Gasteiger partial charge in [0.1, 0.15) is 0 Å². The maximum absolute atomic E-state index is 12.4. The molecular formula is C19H19ClN4O4S. The summed E-state index contributed by atoms with van der Waals surface area (Å²) in [5, 5.41) is 6.71. The Morgan fingerprint density at radius 2 is 2.00 bits per heavy atom. The number of nitrogens with one attached hydrogen (secondary N) is 1. The molecule has 1 N–H and O–H groups in total. The number of carbonyl (C=O) groups is 1. The summed E-state index contributed by atoms with van der Waals surface area (Å²) in [4.78, 5) is 16.7. The van der Waals surface area contributed by atoms with Crippen LogP contribution < -0.4 is 9.62 Å². The third-order valence-electron chi connectivity index (χ3n) is 4.20. The highest BCUT2D eigenvalue weighted by molar-refractivity contribution is 7.92. The van der Waals surface area contributed by atoms with Crippen LogP contribution in [-0.4, -0.2) is 37.8 Å². The van der Waals surface area contributed by atoms with Crippen LogP contribution in [0.4, 0.5) is 5.69 Å². The van der Waals surface area contributed by atoms with E-state index in [-0.39, 0.29) is 23.0 Å². The van der Waals surface area contributed by atoms with Crippen LogP contribution in [0.5, 0.6) is 0 Å². The molecule has 29 heavy (non-hydrogen) atoms. The molecule has 1 aromatic heterocycles. The number of hydrogen-bond donors (Lipinski definition) is 1. The van der Waals surface area contributed by atoms with Gasteiger partial charge < -0.3 is 9.84 Å². The normalized spacial score (nSPS) is 11.3. The van der Waals surface area contributed by atoms with Crippen LogP contribution in [-0.2, 0) is 16.6 Å². The van der Waals surface area contributed by atoms with Crippen molar-refractivity contribution in [2.45, 2.75) is 13.5 Å². The first-order valence-electron chi connectivity index (χ1n) is 8.56. The first kappa shape index (κ1) is 20.8. The van der Waals surface area contributed by atoms with Crippen LogP contribution in [0, 0.1) is 6.92 Å². The summed E-state index contributed by atoms with van der Waals surface area (Å²) < 4.78 is 29.5. The Morgan fingerprint density at radius 1 is 1.24 bits per heavy atom. The average Bonchev–Trinajstić information content (AvgIpc) is 3.14. The topological polar surface area (TPSA) is 105 Å². The van der Waals surface area contributed by atoms with Crippen molar-refractivity contribution in [3.05, 3.63) is 64.5 Å². The highest BCUT2D eigenvalue weighted by atomic mass is 35.5. The standard InChI is InChI=1S/C19H19ClN4O4S/c1-12-5-4-6-13(9-12)18-22-17(28-23-18)11-21-19(25)15-8-7-14(10-16(15)20)24(2)29(3,26)27/h4-10H,11H2,1-3H3,(H,21,25). The van der Waals surface area contributed by atoms with Gasteiger partial charge in [-0.25, -0.2) is 8.42 Å². The number of anilines is 1. The molecule has 10 heteroatoms. The van der Waals surface area contributed by atoms with E-state index in [1.54, 1.807) is 0 Å². The van der Waals surface area contributed by atoms with Crippen LogP contribution in [0.15, 0.2) is 47.0 Å². The number of halogens is 1. The second-order valence-electron chi connectivity index (χ2n) is 6.46. The molecule has 0 aliphatic rings. The maximum Gasteiger partial charge on any atom is 0.253 e. The molecule has 1 amide bonds. The molecule has 0 radical (unpaired) electrons. The smallest absolute Gasteiger partial charge is 0.253 e. The SMILES string of the molecule is Cc1cccc(-c2noc(CNC(=O)c3ccc(N(C)S(C)(=O)=O)cc3Cl)n2)c1. The molecule has 3 rings (SSSR count). The van der Waals surface area contributed by atoms with Crippen molar-refractivity contribution in [2.24, 2.45) is 0 Å². The van der Waals surface area contributed by atoms with Gasteiger partial charge in [0, 0.05) is 12.6 Å². The largest absolute Gasteiger partial charge is 0.343 e. The van der Waals surface area contributed by atoms with E-state index in [1.165, 1.54) is 25.2 Å². The van der Waals surface area contributed by atoms with Crippen molar-refractivity contribution in [1.82, 2.24) is 15.5 Å². The number of hydrogen-bond acceptors (Lipinski definition) is 6. The molecule has 8 nitrogen and oxygen atoms in total. The van der Waals surface area contributed by atoms with E-state index in [2.05, 4.69) is 15.5 Å². The lowest BCUT2D eigenvalue weighted by atomic mass is 10.1. The van der Waals surface area contributed by atoms with E-state index < -0.39 is 15.9 Å². The van der Waals surface area contributed by atoms with Crippen LogP contribution in [0.3, 0.4) is 0 Å². The first-order chi connectivity index (χ1) is 13.6. The molecule has 2 aromatic carbocycles. The van der Waals surface area contributed by atoms with E-state index in [0.29, 0.717) is 11.5 Å². The molecule has 3 aromatic rings. The summed E-state index contributed by atoms with van der Waals surface area (Å²) in [7, 11) is -2.02. The van der Waals surface area contributed by atoms with Crippen molar-refractivity contribution in [3.8, 4) is 11.4 Å². The van der Waals surface area contributed by atoms with Crippen LogP contribution in [0.1, 0.15) is 21.8 Å². The predicted octanol–water partition coefficient (Wildman–Crippen LogP) is 3.02. The number of rotatable bonds is 6. The third kappa shape index (κ3) is 4.93. The third-order valence-corrected chi connectivity index (χ3v) is 5.72. The highest BCUT2D eigenvalue weighted by Crippen LogP contribution is 2.24. The Hall–Kier alpha value is -2.91. The van der Waals surface area contributed by atoms with Gasteiger partial charge in [-0.15, -0.1) is 0 Å². The summed E-state index contributed by atoms with van der Waals surface area (Å²) in [6.45, 7) is 1.99. The number of sulfonamides is 1. The van der Waals surface area contributed by atoms with Gasteiger partial charge in [0.05, 0.1) is 29.1 Å². The van der Waals surface area contributed by atoms with E-state index >= 15 is 0 Å². The summed E-state index contributed by atoms with van der Waals surface area (Å²) in [5.74, 6) is 0.238. The van der Waals surface area contributed by atoms with Crippen molar-refractivity contribution >= 4 is 33.2 Å². The van der Waals surface area contributed by atoms with E-state index in [9.17, 15) is 13.2 Å². The second kappa shape index (κ2) is 8.22. The zero-order valence-electron chi connectivity index (χ0n) is 16.0. The Balaban J connectivity index is 1.68. The minimum atomic E-state index is -3.43. The van der Waals surface area contributed by atoms with Crippen molar-refractivity contribution < 1.29 is 17.7 Å². The number of aryl methyl sites for hydroxylation is 1. The lowest BCUT2D eigenvalue weighted by Crippen LogP contribution is -2.26. The average molecular weight is 435 g/mol. The lowest BCUT2D eigenvalue weighted by molar-refractivity contribution is 0.0946. The van der Waals surface area contributed by atoms with E-state index in [4.69, 9.17) is 16.1 Å². The summed E-state index contributed by atoms with van der Waals surface area (Å²) in [5.41, 5.74) is 2.45. The Bertz CT molecular complexity index is 1160. The van der Waals surface area contributed by atoms with Crippen molar-refractivity contribution in [3.63, 3.8) is 0 Å². The zero-order chi connectivity index (χ0) is 21.2. The monoisotopic (exact) mass is 434 g/mol. The van der Waals surface area contributed by atoms with Gasteiger partial charge in [0.2, 0.25) is 21.7 Å². The summed E-state index contributed by atoms with van der Waals surface area (Å²) in [6.07, 6.45) is 1.08. The fourth-order valence-corrected chi connectivity index (χ4v) is 3.31. The molecule has 152 valence electrons. The minimum absolute atomic E-state index is 0.0268. The molecule has 1 heterocycles. The lowest BCUT2D eigenvalue weighted by Gasteiger charge is -2.17. The molecule has 0 spiro atoms. The molecule has 0 saturated heterocycles. The van der Waals surface area contributed by atoms with Crippen LogP contribution in [0.25, 0.3) is 11.4 Å². The van der Waals surface area contributed by atoms with Crippen molar-refractivity contribution in [1.29, 1.82) is 0 Å². The van der Waals surface area contributed by atoms with Gasteiger partial charge in [-0.2, -0.15) is 4.98 Å². The number of benzene rings is 2. The molecule has 0 saturated carbocycles. The molecular weight excluding hydrogens is 416 g/mol. The number of aromatic nitrogens is 2. The molecule has 0 unspecified atom stereocenters. The molecule has 0 fully saturated rings. The fourth-order valence-electron chi connectivity index (χ4n) is 2.55. The van der Waals surface area contributed by atoms with Crippen molar-refractivity contribution in [2.75, 3.05) is 17.6 Å². The van der Waals surface area contributed by atoms with Crippen LogP contribution in [0.2, 0.25) is 5.02 Å². The Kier molecular flexibility index (Phi) is 5.90. The minimum Gasteiger partial charge on any atom is -0.343 e. The van der Waals surface area contributed by atoms with Crippen LogP contribution >= 0.6 is 11.6 Å². The van der Waals surface area contributed by atoms with Gasteiger partial charge >= 0.3 is 0 Å². The van der Waals surface area contributed by atoms with Gasteiger partial charge in [0.25, 0.3) is 5.91 Å². The van der Waals surface area contributed by atoms with E-state index in [1.807, 2.05) is 31.2 Å². The predicted molar refractivity (Wildman–Crippen MR) is 110 cm³/mol. The van der Waals surface area contributed by atoms with Gasteiger partial charge in [-0.05, 0) is 31.2 Å². The number of nitrogens with zero attached hydrogens (tertiary/aromatic N) is 3. The quantitative estimate of drug-likeness (QED) is 0.639. The fraction of sp³-hybridized carbons (Fsp3) is 0.211. The number of carbonyl (C=O) groups excluding carboxylic acids is 1. The summed E-state index contributed by atoms with van der Waals surface area (Å²) >= 11 is 6.17. The Labute approximate surface area is 173 Å². The van der Waals surface area contributed by atoms with Gasteiger partial charge in [0.15, 0.2) is 0 Å². The highest BCUT2D eigenvalue weighted by Gasteiger charge is 2.17. The molecule has 0 aliphatic heterocycles. The Morgan fingerprint density at radius 3 is 2.66 bits per heavy atom. The van der Waals surface area contributed by atoms with Gasteiger partial charge in [-0.1, -0.05) is 40.5 Å². The summed E-state index contributed by atoms with van der Waals surface area (Å²) in [6, 6.07) is 12.0. The maximum atomic E-state index is 12.4. The van der Waals surface area contributed by atoms with Gasteiger partial charge in [-0.3, -0.25) is 9.10 Å². The molecule has 0 bridgehead atoms. The molecule has 0 atom stereocenters. The molecule has 0 aliphatic carbocycles. The zero-order valence-corrected chi connectivity index (χ0v) is 17.6. The van der Waals surface area contributed by atoms with E-state index in [0.717, 1.165) is 21.7 Å². The second-order valence-corrected chi connectivity index (χ2v) is 8.88. The first-order valence-corrected chi connectivity index (χ1v) is 10.8.